The minimum atomic E-state index is -1.24. The summed E-state index contributed by atoms with van der Waals surface area (Å²) in [7, 11) is 1.60. The van der Waals surface area contributed by atoms with Crippen LogP contribution in [-0.2, 0) is 16.0 Å². The first-order valence-corrected chi connectivity index (χ1v) is 9.35. The maximum absolute atomic E-state index is 11.5. The first-order chi connectivity index (χ1) is 13.3. The maximum atomic E-state index is 11.5. The average molecular weight is 407 g/mol. The van der Waals surface area contributed by atoms with Crippen LogP contribution >= 0.6 is 11.6 Å². The van der Waals surface area contributed by atoms with Crippen LogP contribution in [0.15, 0.2) is 42.5 Å². The van der Waals surface area contributed by atoms with Crippen molar-refractivity contribution in [3.8, 4) is 5.75 Å². The fourth-order valence-electron chi connectivity index (χ4n) is 3.46. The number of aliphatic hydroxyl groups excluding tert-OH is 2. The highest BCUT2D eigenvalue weighted by Gasteiger charge is 2.45. The van der Waals surface area contributed by atoms with Crippen LogP contribution in [0.3, 0.4) is 0 Å². The molecule has 2 aromatic rings. The number of aliphatic hydroxyl groups is 2. The summed E-state index contributed by atoms with van der Waals surface area (Å²) in [5.41, 5.74) is 2.39. The monoisotopic (exact) mass is 406 g/mol. The standard InChI is InChI=1S/C21H23ClO6/c1-11-17(23)18(24)20(28-19(11)21(25)26)13-5-8-16(22)14(10-13)9-12-3-6-15(27-2)7-4-12/h3-8,10-11,17-20,23-24H,9H2,1-2H3,(H,25,26)/t11-,17-,18+,19-,20-/m0/s1. The number of benzene rings is 2. The van der Waals surface area contributed by atoms with Crippen molar-refractivity contribution in [2.75, 3.05) is 7.11 Å². The second-order valence-corrected chi connectivity index (χ2v) is 7.44. The van der Waals surface area contributed by atoms with Crippen LogP contribution in [0, 0.1) is 5.92 Å². The highest BCUT2D eigenvalue weighted by Crippen LogP contribution is 2.36. The summed E-state index contributed by atoms with van der Waals surface area (Å²) in [6.45, 7) is 1.54. The van der Waals surface area contributed by atoms with Gasteiger partial charge in [0, 0.05) is 10.9 Å². The molecule has 5 atom stereocenters. The summed E-state index contributed by atoms with van der Waals surface area (Å²) in [6.07, 6.45) is -4.06. The number of carbonyl (C=O) groups is 1. The Hall–Kier alpha value is -2.12. The Morgan fingerprint density at radius 2 is 1.82 bits per heavy atom. The molecule has 150 valence electrons. The highest BCUT2D eigenvalue weighted by molar-refractivity contribution is 6.31. The van der Waals surface area contributed by atoms with E-state index in [1.165, 1.54) is 0 Å². The van der Waals surface area contributed by atoms with Crippen LogP contribution < -0.4 is 4.74 Å². The molecule has 1 heterocycles. The Morgan fingerprint density at radius 3 is 2.43 bits per heavy atom. The summed E-state index contributed by atoms with van der Waals surface area (Å²) in [5.74, 6) is -1.14. The summed E-state index contributed by atoms with van der Waals surface area (Å²) in [4.78, 5) is 11.5. The van der Waals surface area contributed by atoms with Gasteiger partial charge in [-0.3, -0.25) is 0 Å². The molecule has 0 spiro atoms. The molecular weight excluding hydrogens is 384 g/mol. The van der Waals surface area contributed by atoms with Gasteiger partial charge >= 0.3 is 5.97 Å². The van der Waals surface area contributed by atoms with E-state index in [9.17, 15) is 20.1 Å². The molecule has 3 rings (SSSR count). The van der Waals surface area contributed by atoms with Gasteiger partial charge in [0.25, 0.3) is 0 Å². The van der Waals surface area contributed by atoms with Crippen LogP contribution in [-0.4, -0.2) is 46.7 Å². The van der Waals surface area contributed by atoms with Gasteiger partial charge in [-0.15, -0.1) is 0 Å². The van der Waals surface area contributed by atoms with Gasteiger partial charge in [-0.25, -0.2) is 4.79 Å². The first-order valence-electron chi connectivity index (χ1n) is 8.97. The molecule has 0 aromatic heterocycles. The van der Waals surface area contributed by atoms with E-state index < -0.39 is 36.3 Å². The molecule has 1 fully saturated rings. The van der Waals surface area contributed by atoms with E-state index in [1.807, 2.05) is 24.3 Å². The number of ether oxygens (including phenoxy) is 2. The van der Waals surface area contributed by atoms with E-state index in [2.05, 4.69) is 0 Å². The molecule has 3 N–H and O–H groups in total. The van der Waals surface area contributed by atoms with Crippen molar-refractivity contribution in [3.63, 3.8) is 0 Å². The van der Waals surface area contributed by atoms with E-state index in [4.69, 9.17) is 21.1 Å². The predicted octanol–water partition coefficient (Wildman–Crippen LogP) is 2.82. The van der Waals surface area contributed by atoms with Gasteiger partial charge < -0.3 is 24.8 Å². The summed E-state index contributed by atoms with van der Waals surface area (Å²) >= 11 is 6.34. The van der Waals surface area contributed by atoms with Crippen molar-refractivity contribution in [2.24, 2.45) is 5.92 Å². The van der Waals surface area contributed by atoms with Crippen molar-refractivity contribution >= 4 is 17.6 Å². The van der Waals surface area contributed by atoms with Gasteiger partial charge in [-0.05, 0) is 41.3 Å². The van der Waals surface area contributed by atoms with Gasteiger partial charge in [0.2, 0.25) is 0 Å². The van der Waals surface area contributed by atoms with Crippen LogP contribution in [0.1, 0.15) is 29.7 Å². The zero-order chi connectivity index (χ0) is 20.4. The number of aliphatic carboxylic acids is 1. The highest BCUT2D eigenvalue weighted by atomic mass is 35.5. The largest absolute Gasteiger partial charge is 0.497 e. The van der Waals surface area contributed by atoms with E-state index in [1.54, 1.807) is 32.2 Å². The Labute approximate surface area is 168 Å². The van der Waals surface area contributed by atoms with Crippen LogP contribution in [0.5, 0.6) is 5.75 Å². The Morgan fingerprint density at radius 1 is 1.14 bits per heavy atom. The summed E-state index contributed by atoms with van der Waals surface area (Å²) < 4.78 is 10.8. The van der Waals surface area contributed by atoms with Crippen molar-refractivity contribution in [1.29, 1.82) is 0 Å². The van der Waals surface area contributed by atoms with Crippen molar-refractivity contribution in [1.82, 2.24) is 0 Å². The molecule has 0 amide bonds. The molecular formula is C21H23ClO6. The molecule has 0 bridgehead atoms. The predicted molar refractivity (Wildman–Crippen MR) is 104 cm³/mol. The number of carboxylic acids is 1. The van der Waals surface area contributed by atoms with Crippen molar-refractivity contribution in [3.05, 3.63) is 64.2 Å². The van der Waals surface area contributed by atoms with E-state index in [0.29, 0.717) is 17.0 Å². The molecule has 0 unspecified atom stereocenters. The summed E-state index contributed by atoms with van der Waals surface area (Å²) in [6, 6.07) is 12.7. The molecule has 7 heteroatoms. The normalized spacial score (nSPS) is 27.4. The minimum absolute atomic E-state index is 0.542. The molecule has 28 heavy (non-hydrogen) atoms. The zero-order valence-corrected chi connectivity index (χ0v) is 16.3. The van der Waals surface area contributed by atoms with Gasteiger partial charge in [-0.2, -0.15) is 0 Å². The third-order valence-electron chi connectivity index (χ3n) is 5.16. The zero-order valence-electron chi connectivity index (χ0n) is 15.6. The molecule has 1 aliphatic heterocycles. The number of hydrogen-bond donors (Lipinski definition) is 3. The molecule has 1 aliphatic rings. The van der Waals surface area contributed by atoms with Gasteiger partial charge in [0.05, 0.1) is 13.2 Å². The number of rotatable bonds is 5. The fraction of sp³-hybridized carbons (Fsp3) is 0.381. The molecule has 6 nitrogen and oxygen atoms in total. The van der Waals surface area contributed by atoms with Crippen molar-refractivity contribution < 1.29 is 29.6 Å². The lowest BCUT2D eigenvalue weighted by molar-refractivity contribution is -0.210. The minimum Gasteiger partial charge on any atom is -0.497 e. The first kappa shape index (κ1) is 20.6. The van der Waals surface area contributed by atoms with Crippen LogP contribution in [0.25, 0.3) is 0 Å². The second kappa shape index (κ2) is 8.49. The SMILES string of the molecule is COc1ccc(Cc2cc([C@@H]3O[C@H](C(=O)O)[C@@H](C)[C@H](O)[C@H]3O)ccc2Cl)cc1. The molecule has 1 saturated heterocycles. The lowest BCUT2D eigenvalue weighted by Gasteiger charge is -2.40. The lowest BCUT2D eigenvalue weighted by Crippen LogP contribution is -2.52. The van der Waals surface area contributed by atoms with Gasteiger partial charge in [-0.1, -0.05) is 42.8 Å². The Balaban J connectivity index is 1.88. The lowest BCUT2D eigenvalue weighted by atomic mass is 9.85. The number of hydrogen-bond acceptors (Lipinski definition) is 5. The number of carboxylic acid groups (broad SMARTS) is 1. The van der Waals surface area contributed by atoms with Crippen molar-refractivity contribution in [2.45, 2.75) is 37.8 Å². The molecule has 2 aromatic carbocycles. The quantitative estimate of drug-likeness (QED) is 0.706. The molecule has 0 radical (unpaired) electrons. The Kier molecular flexibility index (Phi) is 6.25. The smallest absolute Gasteiger partial charge is 0.333 e. The number of methoxy groups -OCH3 is 1. The van der Waals surface area contributed by atoms with E-state index in [-0.39, 0.29) is 0 Å². The molecule has 0 saturated carbocycles. The van der Waals surface area contributed by atoms with Gasteiger partial charge in [0.1, 0.15) is 18.0 Å². The summed E-state index contributed by atoms with van der Waals surface area (Å²) in [5, 5.41) is 30.6. The maximum Gasteiger partial charge on any atom is 0.333 e. The van der Waals surface area contributed by atoms with Gasteiger partial charge in [0.15, 0.2) is 6.10 Å². The fourth-order valence-corrected chi connectivity index (χ4v) is 3.65. The number of halogens is 1. The van der Waals surface area contributed by atoms with E-state index >= 15 is 0 Å². The van der Waals surface area contributed by atoms with Crippen LogP contribution in [0.4, 0.5) is 0 Å². The van der Waals surface area contributed by atoms with E-state index in [0.717, 1.165) is 16.9 Å². The van der Waals surface area contributed by atoms with Crippen LogP contribution in [0.2, 0.25) is 5.02 Å². The molecule has 0 aliphatic carbocycles. The second-order valence-electron chi connectivity index (χ2n) is 7.03. The third-order valence-corrected chi connectivity index (χ3v) is 5.53. The average Bonchev–Trinajstić information content (AvgIpc) is 2.68. The third kappa shape index (κ3) is 4.15. The topological polar surface area (TPSA) is 96.2 Å². The Bertz CT molecular complexity index is 837.